The van der Waals surface area contributed by atoms with Crippen molar-refractivity contribution in [2.75, 3.05) is 0 Å². The molecule has 0 amide bonds. The molecule has 0 radical (unpaired) electrons. The first-order valence-corrected chi connectivity index (χ1v) is 5.60. The summed E-state index contributed by atoms with van der Waals surface area (Å²) in [5, 5.41) is 0. The smallest absolute Gasteiger partial charge is 0.0948 e. The SMILES string of the molecule is CC(C)C(C)(C)Cn1cncc1[C@H](C)N. The Kier molecular flexibility index (Phi) is 3.55. The van der Waals surface area contributed by atoms with E-state index in [1.165, 1.54) is 0 Å². The van der Waals surface area contributed by atoms with Crippen LogP contribution in [0, 0.1) is 11.3 Å². The van der Waals surface area contributed by atoms with Gasteiger partial charge in [-0.3, -0.25) is 0 Å². The highest BCUT2D eigenvalue weighted by Crippen LogP contribution is 2.29. The van der Waals surface area contributed by atoms with Gasteiger partial charge in [0.25, 0.3) is 0 Å². The Morgan fingerprint density at radius 1 is 1.40 bits per heavy atom. The number of imidazole rings is 1. The van der Waals surface area contributed by atoms with Crippen molar-refractivity contribution in [2.24, 2.45) is 17.1 Å². The summed E-state index contributed by atoms with van der Waals surface area (Å²) >= 11 is 0. The molecule has 1 aromatic rings. The van der Waals surface area contributed by atoms with Crippen molar-refractivity contribution in [3.05, 3.63) is 18.2 Å². The third-order valence-electron chi connectivity index (χ3n) is 3.35. The number of aromatic nitrogens is 2. The number of hydrogen-bond acceptors (Lipinski definition) is 2. The summed E-state index contributed by atoms with van der Waals surface area (Å²) in [6, 6.07) is 0.0514. The second-order valence-corrected chi connectivity index (χ2v) is 5.38. The van der Waals surface area contributed by atoms with Gasteiger partial charge in [-0.05, 0) is 18.3 Å². The topological polar surface area (TPSA) is 43.8 Å². The van der Waals surface area contributed by atoms with Gasteiger partial charge in [-0.25, -0.2) is 4.98 Å². The molecule has 0 saturated heterocycles. The van der Waals surface area contributed by atoms with Gasteiger partial charge in [0.2, 0.25) is 0 Å². The van der Waals surface area contributed by atoms with E-state index in [4.69, 9.17) is 5.73 Å². The first-order chi connectivity index (χ1) is 6.84. The monoisotopic (exact) mass is 209 g/mol. The van der Waals surface area contributed by atoms with Crippen LogP contribution in [0.2, 0.25) is 0 Å². The van der Waals surface area contributed by atoms with E-state index in [-0.39, 0.29) is 11.5 Å². The van der Waals surface area contributed by atoms with Crippen molar-refractivity contribution in [3.63, 3.8) is 0 Å². The lowest BCUT2D eigenvalue weighted by Gasteiger charge is -2.30. The second-order valence-electron chi connectivity index (χ2n) is 5.38. The van der Waals surface area contributed by atoms with E-state index >= 15 is 0 Å². The molecule has 1 atom stereocenters. The van der Waals surface area contributed by atoms with Gasteiger partial charge in [-0.2, -0.15) is 0 Å². The molecule has 3 heteroatoms. The quantitative estimate of drug-likeness (QED) is 0.828. The molecule has 0 unspecified atom stereocenters. The maximum absolute atomic E-state index is 5.89. The minimum Gasteiger partial charge on any atom is -0.333 e. The van der Waals surface area contributed by atoms with Gasteiger partial charge in [0, 0.05) is 18.8 Å². The van der Waals surface area contributed by atoms with Crippen LogP contribution in [-0.4, -0.2) is 9.55 Å². The first-order valence-electron chi connectivity index (χ1n) is 5.60. The summed E-state index contributed by atoms with van der Waals surface area (Å²) in [6.45, 7) is 12.0. The fourth-order valence-corrected chi connectivity index (χ4v) is 1.46. The summed E-state index contributed by atoms with van der Waals surface area (Å²) in [6.07, 6.45) is 3.74. The van der Waals surface area contributed by atoms with E-state index in [1.807, 2.05) is 19.4 Å². The Morgan fingerprint density at radius 2 is 2.00 bits per heavy atom. The van der Waals surface area contributed by atoms with Crippen LogP contribution < -0.4 is 5.73 Å². The van der Waals surface area contributed by atoms with Crippen molar-refractivity contribution in [1.29, 1.82) is 0 Å². The summed E-state index contributed by atoms with van der Waals surface area (Å²) < 4.78 is 2.17. The fraction of sp³-hybridized carbons (Fsp3) is 0.750. The van der Waals surface area contributed by atoms with Gasteiger partial charge in [-0.1, -0.05) is 27.7 Å². The number of nitrogens with zero attached hydrogens (tertiary/aromatic N) is 2. The molecule has 1 rings (SSSR count). The van der Waals surface area contributed by atoms with Crippen molar-refractivity contribution >= 4 is 0 Å². The van der Waals surface area contributed by atoms with Crippen LogP contribution in [0.25, 0.3) is 0 Å². The van der Waals surface area contributed by atoms with E-state index in [0.29, 0.717) is 5.92 Å². The largest absolute Gasteiger partial charge is 0.333 e. The van der Waals surface area contributed by atoms with Gasteiger partial charge < -0.3 is 10.3 Å². The molecule has 86 valence electrons. The number of hydrogen-bond donors (Lipinski definition) is 1. The van der Waals surface area contributed by atoms with E-state index in [1.54, 1.807) is 0 Å². The molecular formula is C12H23N3. The fourth-order valence-electron chi connectivity index (χ4n) is 1.46. The molecule has 1 heterocycles. The van der Waals surface area contributed by atoms with Gasteiger partial charge in [0.05, 0.1) is 12.0 Å². The third-order valence-corrected chi connectivity index (χ3v) is 3.35. The van der Waals surface area contributed by atoms with E-state index in [0.717, 1.165) is 12.2 Å². The zero-order chi connectivity index (χ0) is 11.6. The van der Waals surface area contributed by atoms with Crippen LogP contribution in [0.4, 0.5) is 0 Å². The maximum atomic E-state index is 5.89. The lowest BCUT2D eigenvalue weighted by atomic mass is 9.81. The minimum absolute atomic E-state index is 0.0514. The molecule has 0 aromatic carbocycles. The van der Waals surface area contributed by atoms with Crippen molar-refractivity contribution in [3.8, 4) is 0 Å². The number of nitrogens with two attached hydrogens (primary N) is 1. The lowest BCUT2D eigenvalue weighted by molar-refractivity contribution is 0.207. The van der Waals surface area contributed by atoms with Crippen LogP contribution in [0.3, 0.4) is 0 Å². The zero-order valence-corrected chi connectivity index (χ0v) is 10.5. The molecule has 0 spiro atoms. The highest BCUT2D eigenvalue weighted by Gasteiger charge is 2.24. The first kappa shape index (κ1) is 12.2. The van der Waals surface area contributed by atoms with Gasteiger partial charge in [-0.15, -0.1) is 0 Å². The summed E-state index contributed by atoms with van der Waals surface area (Å²) in [4.78, 5) is 4.17. The predicted molar refractivity (Wildman–Crippen MR) is 63.4 cm³/mol. The molecule has 0 aliphatic heterocycles. The van der Waals surface area contributed by atoms with Crippen LogP contribution in [0.1, 0.15) is 46.4 Å². The van der Waals surface area contributed by atoms with Gasteiger partial charge in [0.1, 0.15) is 0 Å². The van der Waals surface area contributed by atoms with Crippen molar-refractivity contribution in [1.82, 2.24) is 9.55 Å². The van der Waals surface area contributed by atoms with Crippen molar-refractivity contribution in [2.45, 2.75) is 47.2 Å². The Labute approximate surface area is 92.7 Å². The Bertz CT molecular complexity index is 310. The van der Waals surface area contributed by atoms with Gasteiger partial charge in [0.15, 0.2) is 0 Å². The Hall–Kier alpha value is -0.830. The Balaban J connectivity index is 2.85. The summed E-state index contributed by atoms with van der Waals surface area (Å²) in [7, 11) is 0. The summed E-state index contributed by atoms with van der Waals surface area (Å²) in [5.41, 5.74) is 7.28. The van der Waals surface area contributed by atoms with Crippen LogP contribution in [0.15, 0.2) is 12.5 Å². The molecule has 2 N–H and O–H groups in total. The molecule has 0 aliphatic rings. The Morgan fingerprint density at radius 3 is 2.47 bits per heavy atom. The zero-order valence-electron chi connectivity index (χ0n) is 10.5. The molecular weight excluding hydrogens is 186 g/mol. The minimum atomic E-state index is 0.0514. The maximum Gasteiger partial charge on any atom is 0.0948 e. The summed E-state index contributed by atoms with van der Waals surface area (Å²) in [5.74, 6) is 0.640. The van der Waals surface area contributed by atoms with E-state index in [9.17, 15) is 0 Å². The van der Waals surface area contributed by atoms with E-state index in [2.05, 4.69) is 37.2 Å². The lowest BCUT2D eigenvalue weighted by Crippen LogP contribution is -2.27. The molecule has 15 heavy (non-hydrogen) atoms. The molecule has 0 bridgehead atoms. The van der Waals surface area contributed by atoms with Gasteiger partial charge >= 0.3 is 0 Å². The molecule has 0 fully saturated rings. The second kappa shape index (κ2) is 4.35. The predicted octanol–water partition coefficient (Wildman–Crippen LogP) is 2.58. The number of rotatable bonds is 4. The van der Waals surface area contributed by atoms with Crippen LogP contribution in [0.5, 0.6) is 0 Å². The van der Waals surface area contributed by atoms with Crippen molar-refractivity contribution < 1.29 is 0 Å². The highest BCUT2D eigenvalue weighted by atomic mass is 15.1. The molecule has 1 aromatic heterocycles. The average molecular weight is 209 g/mol. The molecule has 3 nitrogen and oxygen atoms in total. The standard InChI is InChI=1S/C12H23N3/c1-9(2)12(4,5)7-15-8-14-6-11(15)10(3)13/h6,8-10H,7,13H2,1-5H3/t10-/m0/s1. The molecule has 0 aliphatic carbocycles. The van der Waals surface area contributed by atoms with Crippen LogP contribution >= 0.6 is 0 Å². The van der Waals surface area contributed by atoms with E-state index < -0.39 is 0 Å². The normalized spacial score (nSPS) is 14.6. The highest BCUT2D eigenvalue weighted by molar-refractivity contribution is 5.03. The third kappa shape index (κ3) is 2.81. The van der Waals surface area contributed by atoms with Crippen LogP contribution in [-0.2, 0) is 6.54 Å². The average Bonchev–Trinajstić information content (AvgIpc) is 2.51. The molecule has 0 saturated carbocycles.